The van der Waals surface area contributed by atoms with Crippen molar-refractivity contribution in [3.63, 3.8) is 0 Å². The summed E-state index contributed by atoms with van der Waals surface area (Å²) in [5.41, 5.74) is 10.3. The van der Waals surface area contributed by atoms with Gasteiger partial charge >= 0.3 is 15.2 Å². The normalized spacial score (nSPS) is 11.9. The molecule has 0 fully saturated rings. The summed E-state index contributed by atoms with van der Waals surface area (Å²) in [5, 5.41) is 3.03. The van der Waals surface area contributed by atoms with E-state index in [2.05, 4.69) is 5.32 Å². The lowest BCUT2D eigenvalue weighted by Gasteiger charge is -2.04. The molecule has 0 unspecified atom stereocenters. The molecule has 0 amide bonds. The highest BCUT2D eigenvalue weighted by Crippen LogP contribution is 2.40. The second-order valence-corrected chi connectivity index (χ2v) is 7.01. The highest BCUT2D eigenvalue weighted by molar-refractivity contribution is 7.52. The summed E-state index contributed by atoms with van der Waals surface area (Å²) >= 11 is 0. The van der Waals surface area contributed by atoms with Crippen molar-refractivity contribution in [3.05, 3.63) is 0 Å². The van der Waals surface area contributed by atoms with Crippen LogP contribution in [0.25, 0.3) is 0 Å². The minimum Gasteiger partial charge on any atom is -0.329 e. The van der Waals surface area contributed by atoms with E-state index in [0.29, 0.717) is 13.1 Å². The molecule has 0 aromatic heterocycles. The zero-order valence-electron chi connectivity index (χ0n) is 10.1. The van der Waals surface area contributed by atoms with Crippen LogP contribution in [0, 0.1) is 0 Å². The number of hydrogen-bond acceptors (Lipinski definition) is 5. The van der Waals surface area contributed by atoms with Crippen LogP contribution in [-0.4, -0.2) is 58.1 Å². The maximum Gasteiger partial charge on any atom is 0.325 e. The third-order valence-electron chi connectivity index (χ3n) is 1.54. The lowest BCUT2D eigenvalue weighted by molar-refractivity contribution is 0.366. The highest BCUT2D eigenvalue weighted by Gasteiger charge is 2.17. The van der Waals surface area contributed by atoms with Gasteiger partial charge in [-0.3, -0.25) is 9.13 Å². The highest BCUT2D eigenvalue weighted by atomic mass is 31.2. The molecule has 11 heteroatoms. The summed E-state index contributed by atoms with van der Waals surface area (Å²) in [4.78, 5) is 33.1. The molecule has 0 aliphatic carbocycles. The predicted molar refractivity (Wildman–Crippen MR) is 69.4 cm³/mol. The molecule has 0 saturated carbocycles. The Morgan fingerprint density at radius 3 is 1.39 bits per heavy atom. The number of nitrogens with one attached hydrogen (secondary N) is 1. The Morgan fingerprint density at radius 2 is 1.17 bits per heavy atom. The van der Waals surface area contributed by atoms with Gasteiger partial charge in [0.2, 0.25) is 0 Å². The third kappa shape index (κ3) is 25.1. The van der Waals surface area contributed by atoms with Crippen LogP contribution < -0.4 is 16.8 Å². The van der Waals surface area contributed by atoms with E-state index >= 15 is 0 Å². The quantitative estimate of drug-likeness (QED) is 0.202. The zero-order chi connectivity index (χ0) is 14.7. The molecule has 9 N–H and O–H groups in total. The summed E-state index contributed by atoms with van der Waals surface area (Å²) in [7, 11) is -8.19. The fourth-order valence-electron chi connectivity index (χ4n) is 0.812. The molecule has 0 heterocycles. The Morgan fingerprint density at radius 1 is 0.833 bits per heavy atom. The Balaban J connectivity index is 0. The molecular weight excluding hydrogens is 284 g/mol. The van der Waals surface area contributed by atoms with Gasteiger partial charge in [-0.1, -0.05) is 0 Å². The van der Waals surface area contributed by atoms with Crippen LogP contribution in [0.4, 0.5) is 0 Å². The van der Waals surface area contributed by atoms with Crippen LogP contribution >= 0.6 is 15.2 Å². The molecule has 0 bridgehead atoms. The van der Waals surface area contributed by atoms with Gasteiger partial charge in [0.25, 0.3) is 0 Å². The lowest BCUT2D eigenvalue weighted by Crippen LogP contribution is -2.27. The molecule has 9 nitrogen and oxygen atoms in total. The van der Waals surface area contributed by atoms with Gasteiger partial charge in [-0.25, -0.2) is 0 Å². The minimum absolute atomic E-state index is 0.158. The van der Waals surface area contributed by atoms with Crippen LogP contribution in [0.3, 0.4) is 0 Å². The molecule has 0 radical (unpaired) electrons. The van der Waals surface area contributed by atoms with Gasteiger partial charge < -0.3 is 36.4 Å². The van der Waals surface area contributed by atoms with Crippen molar-refractivity contribution >= 4 is 15.2 Å². The zero-order valence-corrected chi connectivity index (χ0v) is 11.9. The van der Waals surface area contributed by atoms with Gasteiger partial charge in [-0.2, -0.15) is 0 Å². The van der Waals surface area contributed by atoms with Gasteiger partial charge in [0.05, 0.1) is 12.3 Å². The molecule has 0 aromatic rings. The molecular formula is C7H23N3O6P2. The van der Waals surface area contributed by atoms with E-state index in [4.69, 9.17) is 31.0 Å². The first-order chi connectivity index (χ1) is 8.12. The molecule has 0 aliphatic heterocycles. The average molecular weight is 307 g/mol. The average Bonchev–Trinajstić information content (AvgIpc) is 2.15. The fraction of sp³-hybridized carbons (Fsp3) is 1.00. The Bertz CT molecular complexity index is 252. The van der Waals surface area contributed by atoms with E-state index in [1.54, 1.807) is 0 Å². The standard InChI is InChI=1S/C4H13N3.C3H10O6P2/c5-1-3-7-4-2-6;4-10(5,6)2-1-3-11(7,8)9/h7H,1-6H2;1-3H2,(H2,4,5,6)(H2,7,8,9). The Labute approximate surface area is 106 Å². The molecule has 0 aromatic carbocycles. The van der Waals surface area contributed by atoms with E-state index in [9.17, 15) is 9.13 Å². The van der Waals surface area contributed by atoms with Crippen LogP contribution in [0.15, 0.2) is 0 Å². The molecule has 0 spiro atoms. The summed E-state index contributed by atoms with van der Waals surface area (Å²) < 4.78 is 20.3. The van der Waals surface area contributed by atoms with Gasteiger partial charge in [-0.15, -0.1) is 0 Å². The third-order valence-corrected chi connectivity index (χ3v) is 3.34. The second kappa shape index (κ2) is 11.0. The summed E-state index contributed by atoms with van der Waals surface area (Å²) in [6, 6.07) is 0. The summed E-state index contributed by atoms with van der Waals surface area (Å²) in [6.07, 6.45) is -1.11. The SMILES string of the molecule is NCCNCCN.O=P(O)(O)CCCP(=O)(O)O. The van der Waals surface area contributed by atoms with Crippen molar-refractivity contribution in [2.45, 2.75) is 6.42 Å². The maximum atomic E-state index is 10.2. The molecule has 0 saturated heterocycles. The molecule has 0 atom stereocenters. The van der Waals surface area contributed by atoms with Crippen molar-refractivity contribution < 1.29 is 28.7 Å². The maximum absolute atomic E-state index is 10.2. The first-order valence-corrected chi connectivity index (χ1v) is 8.92. The Hall–Kier alpha value is 0.180. The molecule has 0 aliphatic rings. The van der Waals surface area contributed by atoms with Crippen molar-refractivity contribution in [1.29, 1.82) is 0 Å². The minimum atomic E-state index is -4.10. The number of rotatable bonds is 8. The molecule has 18 heavy (non-hydrogen) atoms. The van der Waals surface area contributed by atoms with Gasteiger partial charge in [0, 0.05) is 26.2 Å². The topological polar surface area (TPSA) is 179 Å². The first kappa shape index (κ1) is 20.5. The van der Waals surface area contributed by atoms with E-state index in [0.717, 1.165) is 13.1 Å². The van der Waals surface area contributed by atoms with Crippen molar-refractivity contribution in [1.82, 2.24) is 5.32 Å². The number of nitrogens with two attached hydrogens (primary N) is 2. The van der Waals surface area contributed by atoms with Crippen LogP contribution in [0.1, 0.15) is 6.42 Å². The fourth-order valence-corrected chi connectivity index (χ4v) is 2.20. The largest absolute Gasteiger partial charge is 0.329 e. The molecule has 0 rings (SSSR count). The van der Waals surface area contributed by atoms with E-state index in [-0.39, 0.29) is 6.42 Å². The smallest absolute Gasteiger partial charge is 0.325 e. The second-order valence-electron chi connectivity index (χ2n) is 3.46. The monoisotopic (exact) mass is 307 g/mol. The number of hydrogen-bond donors (Lipinski definition) is 7. The van der Waals surface area contributed by atoms with Crippen molar-refractivity contribution in [2.24, 2.45) is 11.5 Å². The van der Waals surface area contributed by atoms with Gasteiger partial charge in [0.15, 0.2) is 0 Å². The van der Waals surface area contributed by atoms with Crippen LogP contribution in [0.2, 0.25) is 0 Å². The van der Waals surface area contributed by atoms with Crippen molar-refractivity contribution in [3.8, 4) is 0 Å². The van der Waals surface area contributed by atoms with E-state index in [1.807, 2.05) is 0 Å². The summed E-state index contributed by atoms with van der Waals surface area (Å²) in [6.45, 7) is 3.13. The van der Waals surface area contributed by atoms with E-state index < -0.39 is 27.5 Å². The molecule has 112 valence electrons. The summed E-state index contributed by atoms with van der Waals surface area (Å²) in [5.74, 6) is 0. The van der Waals surface area contributed by atoms with Crippen LogP contribution in [0.5, 0.6) is 0 Å². The van der Waals surface area contributed by atoms with E-state index in [1.165, 1.54) is 0 Å². The lowest BCUT2D eigenvalue weighted by atomic mass is 10.6. The van der Waals surface area contributed by atoms with Gasteiger partial charge in [-0.05, 0) is 6.42 Å². The van der Waals surface area contributed by atoms with Crippen LogP contribution in [-0.2, 0) is 9.13 Å². The predicted octanol–water partition coefficient (Wildman–Crippen LogP) is -1.77. The Kier molecular flexibility index (Phi) is 12.6. The first-order valence-electron chi connectivity index (χ1n) is 5.32. The van der Waals surface area contributed by atoms with Gasteiger partial charge in [0.1, 0.15) is 0 Å². The van der Waals surface area contributed by atoms with Crippen molar-refractivity contribution in [2.75, 3.05) is 38.5 Å².